The van der Waals surface area contributed by atoms with Crippen LogP contribution in [0.3, 0.4) is 0 Å². The van der Waals surface area contributed by atoms with Gasteiger partial charge in [-0.05, 0) is 25.7 Å². The number of halogens is 4. The molecule has 1 aliphatic rings. The zero-order valence-corrected chi connectivity index (χ0v) is 11.1. The lowest BCUT2D eigenvalue weighted by Gasteiger charge is -2.30. The fourth-order valence-electron chi connectivity index (χ4n) is 2.02. The van der Waals surface area contributed by atoms with Crippen LogP contribution in [0.2, 0.25) is 0 Å². The summed E-state index contributed by atoms with van der Waals surface area (Å²) in [6.45, 7) is 1.96. The highest BCUT2D eigenvalue weighted by Gasteiger charge is 2.41. The monoisotopic (exact) mass is 288 g/mol. The number of nitrogens with two attached hydrogens (primary N) is 1. The van der Waals surface area contributed by atoms with Crippen LogP contribution < -0.4 is 11.1 Å². The van der Waals surface area contributed by atoms with Crippen molar-refractivity contribution in [3.8, 4) is 0 Å². The molecule has 1 aliphatic carbocycles. The Morgan fingerprint density at radius 3 is 2.22 bits per heavy atom. The second-order valence-electron chi connectivity index (χ2n) is 4.74. The molecular formula is C11H20ClF3N2O. The molecule has 0 aromatic carbocycles. The van der Waals surface area contributed by atoms with Gasteiger partial charge >= 0.3 is 6.18 Å². The molecule has 0 aromatic rings. The summed E-state index contributed by atoms with van der Waals surface area (Å²) in [6, 6.07) is -0.130. The Kier molecular flexibility index (Phi) is 6.99. The van der Waals surface area contributed by atoms with Crippen molar-refractivity contribution < 1.29 is 18.0 Å². The summed E-state index contributed by atoms with van der Waals surface area (Å²) in [5.74, 6) is -1.65. The topological polar surface area (TPSA) is 55.1 Å². The van der Waals surface area contributed by atoms with Crippen molar-refractivity contribution in [3.63, 3.8) is 0 Å². The molecule has 108 valence electrons. The summed E-state index contributed by atoms with van der Waals surface area (Å²) >= 11 is 0. The van der Waals surface area contributed by atoms with Crippen LogP contribution in [0.1, 0.15) is 32.6 Å². The Morgan fingerprint density at radius 1 is 1.33 bits per heavy atom. The molecule has 1 rings (SSSR count). The number of carbonyl (C=O) groups excluding carboxylic acids is 1. The van der Waals surface area contributed by atoms with E-state index in [4.69, 9.17) is 5.73 Å². The number of nitrogens with one attached hydrogen (secondary N) is 1. The predicted octanol–water partition coefficient (Wildman–Crippen LogP) is 2.24. The van der Waals surface area contributed by atoms with Crippen LogP contribution in [0.5, 0.6) is 0 Å². The molecular weight excluding hydrogens is 269 g/mol. The van der Waals surface area contributed by atoms with E-state index >= 15 is 0 Å². The first-order valence-electron chi connectivity index (χ1n) is 5.91. The number of hydrogen-bond donors (Lipinski definition) is 2. The van der Waals surface area contributed by atoms with Crippen LogP contribution in [0.4, 0.5) is 13.2 Å². The third-order valence-corrected chi connectivity index (χ3v) is 3.34. The minimum atomic E-state index is -4.10. The molecule has 0 aromatic heterocycles. The first-order chi connectivity index (χ1) is 7.84. The average molecular weight is 289 g/mol. The Morgan fingerprint density at radius 2 is 1.83 bits per heavy atom. The van der Waals surface area contributed by atoms with E-state index in [0.717, 1.165) is 0 Å². The van der Waals surface area contributed by atoms with Crippen LogP contribution in [0, 0.1) is 11.8 Å². The van der Waals surface area contributed by atoms with Gasteiger partial charge in [0.15, 0.2) is 0 Å². The summed E-state index contributed by atoms with van der Waals surface area (Å²) < 4.78 is 37.2. The minimum Gasteiger partial charge on any atom is -0.353 e. The van der Waals surface area contributed by atoms with E-state index in [1.54, 1.807) is 6.92 Å². The molecule has 18 heavy (non-hydrogen) atoms. The molecule has 7 heteroatoms. The van der Waals surface area contributed by atoms with E-state index in [9.17, 15) is 18.0 Å². The molecule has 0 heterocycles. The zero-order valence-electron chi connectivity index (χ0n) is 10.3. The van der Waals surface area contributed by atoms with E-state index in [2.05, 4.69) is 5.32 Å². The highest BCUT2D eigenvalue weighted by molar-refractivity contribution is 5.85. The largest absolute Gasteiger partial charge is 0.391 e. The van der Waals surface area contributed by atoms with Gasteiger partial charge in [0, 0.05) is 18.5 Å². The van der Waals surface area contributed by atoms with Crippen LogP contribution in [-0.4, -0.2) is 24.7 Å². The van der Waals surface area contributed by atoms with Crippen LogP contribution in [0.15, 0.2) is 0 Å². The van der Waals surface area contributed by atoms with Gasteiger partial charge < -0.3 is 11.1 Å². The zero-order chi connectivity index (χ0) is 13.1. The van der Waals surface area contributed by atoms with Crippen molar-refractivity contribution in [2.24, 2.45) is 17.6 Å². The fourth-order valence-corrected chi connectivity index (χ4v) is 2.02. The minimum absolute atomic E-state index is 0. The number of amides is 1. The van der Waals surface area contributed by atoms with Gasteiger partial charge in [-0.2, -0.15) is 13.2 Å². The first-order valence-corrected chi connectivity index (χ1v) is 5.91. The van der Waals surface area contributed by atoms with Crippen LogP contribution >= 0.6 is 12.4 Å². The van der Waals surface area contributed by atoms with Gasteiger partial charge in [0.05, 0.1) is 5.92 Å². The quantitative estimate of drug-likeness (QED) is 0.837. The maximum Gasteiger partial charge on any atom is 0.391 e. The molecule has 0 saturated heterocycles. The molecule has 1 unspecified atom stereocenters. The number of rotatable bonds is 3. The third kappa shape index (κ3) is 5.02. The van der Waals surface area contributed by atoms with E-state index in [0.29, 0.717) is 12.8 Å². The molecule has 3 N–H and O–H groups in total. The van der Waals surface area contributed by atoms with E-state index in [1.165, 1.54) is 0 Å². The van der Waals surface area contributed by atoms with Gasteiger partial charge in [0.2, 0.25) is 5.91 Å². The van der Waals surface area contributed by atoms with Crippen molar-refractivity contribution in [3.05, 3.63) is 0 Å². The molecule has 3 nitrogen and oxygen atoms in total. The van der Waals surface area contributed by atoms with Crippen molar-refractivity contribution in [2.45, 2.75) is 44.8 Å². The average Bonchev–Trinajstić information content (AvgIpc) is 2.27. The number of hydrogen-bond acceptors (Lipinski definition) is 2. The summed E-state index contributed by atoms with van der Waals surface area (Å²) in [7, 11) is 0. The van der Waals surface area contributed by atoms with Crippen molar-refractivity contribution in [1.82, 2.24) is 5.32 Å². The number of carbonyl (C=O) groups is 1. The smallest absolute Gasteiger partial charge is 0.353 e. The molecule has 1 saturated carbocycles. The second kappa shape index (κ2) is 7.19. The molecule has 1 fully saturated rings. The van der Waals surface area contributed by atoms with Crippen molar-refractivity contribution in [1.29, 1.82) is 0 Å². The Hall–Kier alpha value is -0.490. The van der Waals surface area contributed by atoms with Gasteiger partial charge in [0.1, 0.15) is 0 Å². The summed E-state index contributed by atoms with van der Waals surface area (Å²) in [4.78, 5) is 11.5. The van der Waals surface area contributed by atoms with E-state index in [-0.39, 0.29) is 49.7 Å². The summed E-state index contributed by atoms with van der Waals surface area (Å²) in [6.07, 6.45) is -3.10. The Balaban J connectivity index is 0.00000289. The van der Waals surface area contributed by atoms with Crippen LogP contribution in [-0.2, 0) is 4.79 Å². The van der Waals surface area contributed by atoms with Gasteiger partial charge in [0.25, 0.3) is 0 Å². The standard InChI is InChI=1S/C11H19F3N2O.ClH/c1-7(6-15)10(17)16-9-4-2-8(3-5-9)11(12,13)14;/h7-9H,2-6,15H2,1H3,(H,16,17);1H. The van der Waals surface area contributed by atoms with Gasteiger partial charge in [-0.1, -0.05) is 6.92 Å². The third-order valence-electron chi connectivity index (χ3n) is 3.34. The fraction of sp³-hybridized carbons (Fsp3) is 0.909. The summed E-state index contributed by atoms with van der Waals surface area (Å²) in [5, 5.41) is 2.76. The SMILES string of the molecule is CC(CN)C(=O)NC1CCC(C(F)(F)F)CC1.Cl. The highest BCUT2D eigenvalue weighted by Crippen LogP contribution is 2.37. The van der Waals surface area contributed by atoms with Gasteiger partial charge in [-0.15, -0.1) is 12.4 Å². The maximum atomic E-state index is 12.4. The lowest BCUT2D eigenvalue weighted by atomic mass is 9.85. The van der Waals surface area contributed by atoms with Crippen molar-refractivity contribution in [2.75, 3.05) is 6.54 Å². The van der Waals surface area contributed by atoms with E-state index in [1.807, 2.05) is 0 Å². The van der Waals surface area contributed by atoms with Gasteiger partial charge in [-0.25, -0.2) is 0 Å². The Bertz CT molecular complexity index is 266. The van der Waals surface area contributed by atoms with E-state index < -0.39 is 12.1 Å². The molecule has 0 bridgehead atoms. The van der Waals surface area contributed by atoms with Gasteiger partial charge in [-0.3, -0.25) is 4.79 Å². The molecule has 0 radical (unpaired) electrons. The lowest BCUT2D eigenvalue weighted by Crippen LogP contribution is -2.43. The van der Waals surface area contributed by atoms with Crippen molar-refractivity contribution >= 4 is 18.3 Å². The molecule has 0 spiro atoms. The maximum absolute atomic E-state index is 12.4. The Labute approximate surface area is 111 Å². The lowest BCUT2D eigenvalue weighted by molar-refractivity contribution is -0.182. The summed E-state index contributed by atoms with van der Waals surface area (Å²) in [5.41, 5.74) is 5.35. The molecule has 1 atom stereocenters. The molecule has 1 amide bonds. The predicted molar refractivity (Wildman–Crippen MR) is 65.4 cm³/mol. The first kappa shape index (κ1) is 17.5. The van der Waals surface area contributed by atoms with Crippen LogP contribution in [0.25, 0.3) is 0 Å². The normalized spacial score (nSPS) is 26.1. The second-order valence-corrected chi connectivity index (χ2v) is 4.74. The highest BCUT2D eigenvalue weighted by atomic mass is 35.5. The number of alkyl halides is 3. The molecule has 0 aliphatic heterocycles.